The smallest absolute Gasteiger partial charge is 0.336 e. The van der Waals surface area contributed by atoms with Gasteiger partial charge < -0.3 is 9.84 Å². The molecule has 1 aromatic rings. The summed E-state index contributed by atoms with van der Waals surface area (Å²) < 4.78 is 19.6. The molecule has 0 spiro atoms. The number of fused-ring (bicyclic) bond motifs is 1. The van der Waals surface area contributed by atoms with E-state index in [0.717, 1.165) is 13.0 Å². The highest BCUT2D eigenvalue weighted by molar-refractivity contribution is 5.90. The molecule has 0 aromatic heterocycles. The van der Waals surface area contributed by atoms with Crippen molar-refractivity contribution in [1.29, 1.82) is 0 Å². The average molecular weight is 321 g/mol. The molecule has 2 aliphatic rings. The van der Waals surface area contributed by atoms with Gasteiger partial charge in [-0.25, -0.2) is 9.18 Å². The number of aromatic carboxylic acids is 1. The summed E-state index contributed by atoms with van der Waals surface area (Å²) >= 11 is 0. The number of ether oxygens (including phenoxy) is 1. The summed E-state index contributed by atoms with van der Waals surface area (Å²) in [5.74, 6) is -1.36. The summed E-state index contributed by atoms with van der Waals surface area (Å²) in [6, 6.07) is 3.21. The van der Waals surface area contributed by atoms with Gasteiger partial charge in [-0.2, -0.15) is 0 Å². The maximum Gasteiger partial charge on any atom is 0.336 e. The minimum Gasteiger partial charge on any atom is -0.489 e. The van der Waals surface area contributed by atoms with Crippen molar-refractivity contribution < 1.29 is 19.0 Å². The van der Waals surface area contributed by atoms with Crippen molar-refractivity contribution in [2.24, 2.45) is 0 Å². The van der Waals surface area contributed by atoms with Crippen LogP contribution < -0.4 is 4.74 Å². The predicted molar refractivity (Wildman–Crippen MR) is 85.6 cm³/mol. The molecule has 1 aliphatic heterocycles. The van der Waals surface area contributed by atoms with Crippen molar-refractivity contribution in [2.75, 3.05) is 13.2 Å². The number of hydrogen-bond acceptors (Lipinski definition) is 3. The first-order valence-corrected chi connectivity index (χ1v) is 8.55. The van der Waals surface area contributed by atoms with Gasteiger partial charge in [0.05, 0.1) is 5.56 Å². The summed E-state index contributed by atoms with van der Waals surface area (Å²) in [6.45, 7) is 3.57. The molecule has 0 bridgehead atoms. The Morgan fingerprint density at radius 1 is 1.35 bits per heavy atom. The highest BCUT2D eigenvalue weighted by Crippen LogP contribution is 2.34. The molecule has 0 saturated heterocycles. The number of carboxylic acid groups (broad SMARTS) is 1. The molecule has 5 heteroatoms. The van der Waals surface area contributed by atoms with Gasteiger partial charge in [0.1, 0.15) is 6.61 Å². The molecule has 1 aromatic carbocycles. The Kier molecular flexibility index (Phi) is 4.85. The molecule has 1 heterocycles. The van der Waals surface area contributed by atoms with Crippen LogP contribution in [0.25, 0.3) is 0 Å². The van der Waals surface area contributed by atoms with Crippen LogP contribution in [-0.2, 0) is 6.42 Å². The van der Waals surface area contributed by atoms with Crippen LogP contribution in [0.15, 0.2) is 12.1 Å². The van der Waals surface area contributed by atoms with Crippen molar-refractivity contribution in [3.05, 3.63) is 29.1 Å². The third kappa shape index (κ3) is 3.20. The highest BCUT2D eigenvalue weighted by atomic mass is 19.1. The number of benzene rings is 1. The summed E-state index contributed by atoms with van der Waals surface area (Å²) in [6.07, 6.45) is 6.49. The van der Waals surface area contributed by atoms with Crippen LogP contribution in [0.2, 0.25) is 0 Å². The Balaban J connectivity index is 1.88. The van der Waals surface area contributed by atoms with Crippen LogP contribution in [0, 0.1) is 5.82 Å². The minimum atomic E-state index is -1.02. The van der Waals surface area contributed by atoms with Crippen LogP contribution in [0.5, 0.6) is 5.75 Å². The van der Waals surface area contributed by atoms with Crippen LogP contribution in [0.1, 0.15) is 54.9 Å². The summed E-state index contributed by atoms with van der Waals surface area (Å²) in [5.41, 5.74) is 0.668. The van der Waals surface area contributed by atoms with Crippen molar-refractivity contribution >= 4 is 5.97 Å². The first kappa shape index (κ1) is 16.2. The third-order valence-corrected chi connectivity index (χ3v) is 5.05. The molecule has 23 heavy (non-hydrogen) atoms. The molecule has 0 amide bonds. The Morgan fingerprint density at radius 3 is 2.74 bits per heavy atom. The van der Waals surface area contributed by atoms with Gasteiger partial charge in [-0.1, -0.05) is 19.8 Å². The summed E-state index contributed by atoms with van der Waals surface area (Å²) in [7, 11) is 0. The standard InChI is InChI=1S/C18H24FNO3/c1-2-9-20(12-5-3-4-6-12)13-10-15-14(18(21)22)7-8-16(19)17(15)23-11-13/h7-8,12-13H,2-6,9-11H2,1H3,(H,21,22). The van der Waals surface area contributed by atoms with Crippen LogP contribution >= 0.6 is 0 Å². The third-order valence-electron chi connectivity index (χ3n) is 5.05. The van der Waals surface area contributed by atoms with E-state index in [1.54, 1.807) is 0 Å². The Morgan fingerprint density at radius 2 is 2.09 bits per heavy atom. The quantitative estimate of drug-likeness (QED) is 0.902. The predicted octanol–water partition coefficient (Wildman–Crippen LogP) is 3.48. The van der Waals surface area contributed by atoms with Gasteiger partial charge in [-0.15, -0.1) is 0 Å². The van der Waals surface area contributed by atoms with Crippen LogP contribution in [0.3, 0.4) is 0 Å². The second kappa shape index (κ2) is 6.87. The molecule has 4 nitrogen and oxygen atoms in total. The van der Waals surface area contributed by atoms with E-state index in [9.17, 15) is 14.3 Å². The fourth-order valence-corrected chi connectivity index (χ4v) is 4.00. The lowest BCUT2D eigenvalue weighted by Crippen LogP contribution is -2.48. The van der Waals surface area contributed by atoms with E-state index in [0.29, 0.717) is 24.6 Å². The van der Waals surface area contributed by atoms with Crippen molar-refractivity contribution in [2.45, 2.75) is 57.5 Å². The van der Waals surface area contributed by atoms with Gasteiger partial charge in [0.15, 0.2) is 11.6 Å². The number of carbonyl (C=O) groups is 1. The van der Waals surface area contributed by atoms with E-state index in [2.05, 4.69) is 11.8 Å². The molecule has 0 radical (unpaired) electrons. The molecular formula is C18H24FNO3. The lowest BCUT2D eigenvalue weighted by Gasteiger charge is -2.39. The Bertz CT molecular complexity index is 584. The monoisotopic (exact) mass is 321 g/mol. The van der Waals surface area contributed by atoms with E-state index in [1.165, 1.54) is 37.8 Å². The van der Waals surface area contributed by atoms with E-state index >= 15 is 0 Å². The zero-order valence-corrected chi connectivity index (χ0v) is 13.6. The molecular weight excluding hydrogens is 297 g/mol. The van der Waals surface area contributed by atoms with Gasteiger partial charge in [0.25, 0.3) is 0 Å². The SMILES string of the molecule is CCCN(C1CCCC1)C1COc2c(F)ccc(C(=O)O)c2C1. The van der Waals surface area contributed by atoms with Gasteiger partial charge >= 0.3 is 5.97 Å². The summed E-state index contributed by atoms with van der Waals surface area (Å²) in [4.78, 5) is 13.9. The van der Waals surface area contributed by atoms with Gasteiger partial charge in [-0.3, -0.25) is 4.90 Å². The number of rotatable bonds is 5. The van der Waals surface area contributed by atoms with Gasteiger partial charge in [-0.05, 0) is 44.4 Å². The maximum atomic E-state index is 14.0. The zero-order chi connectivity index (χ0) is 16.4. The molecule has 1 saturated carbocycles. The lowest BCUT2D eigenvalue weighted by molar-refractivity contribution is 0.0673. The number of hydrogen-bond donors (Lipinski definition) is 1. The minimum absolute atomic E-state index is 0.129. The van der Waals surface area contributed by atoms with Gasteiger partial charge in [0, 0.05) is 17.6 Å². The fourth-order valence-electron chi connectivity index (χ4n) is 4.00. The van der Waals surface area contributed by atoms with Crippen LogP contribution in [-0.4, -0.2) is 41.2 Å². The van der Waals surface area contributed by atoms with E-state index < -0.39 is 11.8 Å². The Labute approximate surface area is 136 Å². The number of nitrogens with zero attached hydrogens (tertiary/aromatic N) is 1. The van der Waals surface area contributed by atoms with Crippen molar-refractivity contribution in [1.82, 2.24) is 4.90 Å². The van der Waals surface area contributed by atoms with E-state index in [-0.39, 0.29) is 17.4 Å². The first-order chi connectivity index (χ1) is 11.1. The average Bonchev–Trinajstić information content (AvgIpc) is 3.06. The normalized spacial score (nSPS) is 21.3. The van der Waals surface area contributed by atoms with E-state index in [1.807, 2.05) is 0 Å². The molecule has 126 valence electrons. The highest BCUT2D eigenvalue weighted by Gasteiger charge is 2.34. The van der Waals surface area contributed by atoms with E-state index in [4.69, 9.17) is 4.74 Å². The fraction of sp³-hybridized carbons (Fsp3) is 0.611. The molecule has 3 rings (SSSR count). The number of halogens is 1. The second-order valence-electron chi connectivity index (χ2n) is 6.55. The molecule has 1 aliphatic carbocycles. The molecule has 1 N–H and O–H groups in total. The largest absolute Gasteiger partial charge is 0.489 e. The molecule has 1 fully saturated rings. The zero-order valence-electron chi connectivity index (χ0n) is 13.6. The second-order valence-corrected chi connectivity index (χ2v) is 6.55. The molecule has 1 atom stereocenters. The topological polar surface area (TPSA) is 49.8 Å². The lowest BCUT2D eigenvalue weighted by atomic mass is 9.94. The number of carboxylic acids is 1. The van der Waals surface area contributed by atoms with Crippen LogP contribution in [0.4, 0.5) is 4.39 Å². The van der Waals surface area contributed by atoms with Crippen molar-refractivity contribution in [3.8, 4) is 5.75 Å². The molecule has 1 unspecified atom stereocenters. The van der Waals surface area contributed by atoms with Crippen molar-refractivity contribution in [3.63, 3.8) is 0 Å². The maximum absolute atomic E-state index is 14.0. The summed E-state index contributed by atoms with van der Waals surface area (Å²) in [5, 5.41) is 9.38. The first-order valence-electron chi connectivity index (χ1n) is 8.55. The van der Waals surface area contributed by atoms with Gasteiger partial charge in [0.2, 0.25) is 0 Å². The Hall–Kier alpha value is -1.62.